The number of hydrogen-bond acceptors (Lipinski definition) is 5. The van der Waals surface area contributed by atoms with Crippen LogP contribution in [0.25, 0.3) is 0 Å². The van der Waals surface area contributed by atoms with Crippen LogP contribution < -0.4 is 9.46 Å². The number of ketones is 1. The highest BCUT2D eigenvalue weighted by atomic mass is 32.2. The van der Waals surface area contributed by atoms with Crippen LogP contribution in [0.2, 0.25) is 0 Å². The molecule has 3 rings (SSSR count). The summed E-state index contributed by atoms with van der Waals surface area (Å²) in [6.07, 6.45) is 0.225. The topological polar surface area (TPSA) is 97.6 Å². The Morgan fingerprint density at radius 3 is 2.44 bits per heavy atom. The molecule has 1 aromatic heterocycles. The molecule has 7 nitrogen and oxygen atoms in total. The number of rotatable bonds is 9. The molecule has 2 N–H and O–H groups in total. The lowest BCUT2D eigenvalue weighted by Crippen LogP contribution is -2.19. The number of methoxy groups -OCH3 is 1. The van der Waals surface area contributed by atoms with Crippen LogP contribution in [0.1, 0.15) is 32.9 Å². The van der Waals surface area contributed by atoms with E-state index in [0.29, 0.717) is 22.6 Å². The van der Waals surface area contributed by atoms with Gasteiger partial charge in [0.1, 0.15) is 11.6 Å². The fourth-order valence-electron chi connectivity index (χ4n) is 3.50. The third-order valence-electron chi connectivity index (χ3n) is 5.15. The number of carbonyl (C=O) groups excluding carboxylic acids is 1. The summed E-state index contributed by atoms with van der Waals surface area (Å²) in [6.45, 7) is 1.30. The number of hydrogen-bond donors (Lipinski definition) is 2. The summed E-state index contributed by atoms with van der Waals surface area (Å²) < 4.78 is 47.3. The van der Waals surface area contributed by atoms with Crippen LogP contribution in [0, 0.1) is 12.7 Å². The molecule has 0 radical (unpaired) electrons. The van der Waals surface area contributed by atoms with Crippen LogP contribution >= 0.6 is 0 Å². The van der Waals surface area contributed by atoms with E-state index < -0.39 is 28.2 Å². The second-order valence-corrected chi connectivity index (χ2v) is 9.25. The molecule has 170 valence electrons. The predicted octanol–water partition coefficient (Wildman–Crippen LogP) is 3.04. The molecule has 0 aliphatic carbocycles. The van der Waals surface area contributed by atoms with Crippen molar-refractivity contribution >= 4 is 21.5 Å². The van der Waals surface area contributed by atoms with E-state index in [2.05, 4.69) is 4.72 Å². The van der Waals surface area contributed by atoms with Gasteiger partial charge in [-0.25, -0.2) is 12.8 Å². The zero-order chi connectivity index (χ0) is 23.5. The number of sulfonamides is 1. The van der Waals surface area contributed by atoms with Gasteiger partial charge in [0.25, 0.3) is 0 Å². The van der Waals surface area contributed by atoms with E-state index >= 15 is 0 Å². The smallest absolute Gasteiger partial charge is 0.234 e. The summed E-state index contributed by atoms with van der Waals surface area (Å²) >= 11 is 0. The molecule has 0 aliphatic rings. The Morgan fingerprint density at radius 2 is 1.84 bits per heavy atom. The summed E-state index contributed by atoms with van der Waals surface area (Å²) in [7, 11) is -0.425. The highest BCUT2D eigenvalue weighted by Gasteiger charge is 2.20. The lowest BCUT2D eigenvalue weighted by molar-refractivity contribution is 0.103. The number of nitrogens with zero attached hydrogens (tertiary/aromatic N) is 1. The Balaban J connectivity index is 1.83. The third kappa shape index (κ3) is 5.17. The average Bonchev–Trinajstić information content (AvgIpc) is 3.02. The van der Waals surface area contributed by atoms with E-state index in [0.717, 1.165) is 17.3 Å². The molecule has 0 saturated carbocycles. The van der Waals surface area contributed by atoms with E-state index in [-0.39, 0.29) is 17.9 Å². The predicted molar refractivity (Wildman–Crippen MR) is 120 cm³/mol. The highest BCUT2D eigenvalue weighted by Crippen LogP contribution is 2.24. The van der Waals surface area contributed by atoms with Gasteiger partial charge in [-0.05, 0) is 60.5 Å². The Bertz CT molecular complexity index is 1230. The first kappa shape index (κ1) is 23.5. The molecular weight excluding hydrogens is 435 g/mol. The lowest BCUT2D eigenvalue weighted by Gasteiger charge is -2.11. The van der Waals surface area contributed by atoms with Gasteiger partial charge < -0.3 is 14.4 Å². The Kier molecular flexibility index (Phi) is 7.00. The molecule has 0 spiro atoms. The number of aryl methyl sites for hydroxylation is 1. The summed E-state index contributed by atoms with van der Waals surface area (Å²) in [5.41, 5.74) is 2.99. The molecule has 0 saturated heterocycles. The second kappa shape index (κ2) is 9.54. The maximum absolute atomic E-state index is 14.7. The molecule has 0 fully saturated rings. The number of nitrogens with one attached hydrogen (secondary N) is 1. The minimum atomic E-state index is -3.74. The van der Waals surface area contributed by atoms with Crippen LogP contribution in [-0.4, -0.2) is 43.3 Å². The third-order valence-corrected chi connectivity index (χ3v) is 6.41. The zero-order valence-corrected chi connectivity index (χ0v) is 18.9. The maximum atomic E-state index is 14.7. The van der Waals surface area contributed by atoms with Gasteiger partial charge in [-0.3, -0.25) is 9.52 Å². The Morgan fingerprint density at radius 1 is 1.16 bits per heavy atom. The normalized spacial score (nSPS) is 11.4. The van der Waals surface area contributed by atoms with Crippen molar-refractivity contribution in [2.24, 2.45) is 7.05 Å². The molecule has 9 heteroatoms. The molecule has 0 bridgehead atoms. The molecule has 32 heavy (non-hydrogen) atoms. The SMILES string of the molecule is COc1ccc(C(=O)c2c(C)cc(Cc3ccc(NS(=O)(=O)CCO)cc3F)n2C)cc1. The first-order valence-electron chi connectivity index (χ1n) is 9.89. The van der Waals surface area contributed by atoms with Gasteiger partial charge in [0, 0.05) is 24.7 Å². The van der Waals surface area contributed by atoms with Gasteiger partial charge in [-0.15, -0.1) is 0 Å². The van der Waals surface area contributed by atoms with Gasteiger partial charge in [0.15, 0.2) is 0 Å². The fraction of sp³-hybridized carbons (Fsp3) is 0.261. The molecule has 0 unspecified atom stereocenters. The number of carbonyl (C=O) groups is 1. The summed E-state index contributed by atoms with van der Waals surface area (Å²) in [5, 5.41) is 8.80. The fourth-order valence-corrected chi connectivity index (χ4v) is 4.33. The minimum absolute atomic E-state index is 0.0816. The van der Waals surface area contributed by atoms with E-state index in [9.17, 15) is 17.6 Å². The van der Waals surface area contributed by atoms with Crippen molar-refractivity contribution in [1.29, 1.82) is 0 Å². The average molecular weight is 461 g/mol. The van der Waals surface area contributed by atoms with Gasteiger partial charge in [-0.1, -0.05) is 6.07 Å². The van der Waals surface area contributed by atoms with Gasteiger partial charge in [-0.2, -0.15) is 0 Å². The summed E-state index contributed by atoms with van der Waals surface area (Å²) in [5.74, 6) is -0.531. The molecule has 3 aromatic rings. The van der Waals surface area contributed by atoms with Gasteiger partial charge in [0.05, 0.1) is 30.9 Å². The van der Waals surface area contributed by atoms with Crippen LogP contribution in [0.5, 0.6) is 5.75 Å². The van der Waals surface area contributed by atoms with Crippen LogP contribution in [0.15, 0.2) is 48.5 Å². The molecule has 2 aromatic carbocycles. The first-order chi connectivity index (χ1) is 15.1. The Labute approximate surface area is 186 Å². The Hall–Kier alpha value is -3.17. The van der Waals surface area contributed by atoms with Crippen molar-refractivity contribution in [2.75, 3.05) is 24.2 Å². The molecular formula is C23H25FN2O5S. The maximum Gasteiger partial charge on any atom is 0.234 e. The minimum Gasteiger partial charge on any atom is -0.497 e. The van der Waals surface area contributed by atoms with Gasteiger partial charge >= 0.3 is 0 Å². The monoisotopic (exact) mass is 460 g/mol. The van der Waals surface area contributed by atoms with Crippen molar-refractivity contribution < 1.29 is 27.4 Å². The number of aromatic nitrogens is 1. The first-order valence-corrected chi connectivity index (χ1v) is 11.5. The van der Waals surface area contributed by atoms with Crippen molar-refractivity contribution in [3.05, 3.63) is 82.4 Å². The molecule has 0 aliphatic heterocycles. The highest BCUT2D eigenvalue weighted by molar-refractivity contribution is 7.92. The van der Waals surface area contributed by atoms with Crippen LogP contribution in [0.4, 0.5) is 10.1 Å². The zero-order valence-electron chi connectivity index (χ0n) is 18.1. The van der Waals surface area contributed by atoms with Crippen molar-refractivity contribution in [3.63, 3.8) is 0 Å². The number of aliphatic hydroxyl groups excluding tert-OH is 1. The van der Waals surface area contributed by atoms with E-state index in [1.165, 1.54) is 12.1 Å². The van der Waals surface area contributed by atoms with Crippen LogP contribution in [-0.2, 0) is 23.5 Å². The van der Waals surface area contributed by atoms with Gasteiger partial charge in [0.2, 0.25) is 15.8 Å². The number of anilines is 1. The van der Waals surface area contributed by atoms with Crippen LogP contribution in [0.3, 0.4) is 0 Å². The second-order valence-electron chi connectivity index (χ2n) is 7.41. The van der Waals surface area contributed by atoms with Crippen molar-refractivity contribution in [3.8, 4) is 5.75 Å². The van der Waals surface area contributed by atoms with Crippen molar-refractivity contribution in [2.45, 2.75) is 13.3 Å². The quantitative estimate of drug-likeness (QED) is 0.479. The number of ether oxygens (including phenoxy) is 1. The lowest BCUT2D eigenvalue weighted by atomic mass is 10.1. The van der Waals surface area contributed by atoms with Crippen molar-refractivity contribution in [1.82, 2.24) is 4.57 Å². The number of halogens is 1. The van der Waals surface area contributed by atoms with E-state index in [1.54, 1.807) is 43.0 Å². The summed E-state index contributed by atoms with van der Waals surface area (Å²) in [4.78, 5) is 13.0. The number of benzene rings is 2. The standard InChI is InChI=1S/C23H25FN2O5S/c1-15-12-19(26(2)22(15)23(28)16-5-8-20(31-3)9-6-16)13-17-4-7-18(14-21(17)24)25-32(29,30)11-10-27/h4-9,12,14,25,27H,10-11,13H2,1-3H3. The van der Waals surface area contributed by atoms with E-state index in [4.69, 9.17) is 9.84 Å². The molecule has 0 atom stereocenters. The molecule has 1 heterocycles. The molecule has 0 amide bonds. The number of aliphatic hydroxyl groups is 1. The van der Waals surface area contributed by atoms with E-state index in [1.807, 2.05) is 13.0 Å². The summed E-state index contributed by atoms with van der Waals surface area (Å²) in [6, 6.07) is 12.7. The largest absolute Gasteiger partial charge is 0.497 e.